The van der Waals surface area contributed by atoms with Crippen LogP contribution in [0.5, 0.6) is 34.5 Å². The second kappa shape index (κ2) is 14.0. The van der Waals surface area contributed by atoms with Gasteiger partial charge in [-0.2, -0.15) is 5.26 Å². The lowest BCUT2D eigenvalue weighted by Crippen LogP contribution is -2.15. The third-order valence-corrected chi connectivity index (χ3v) is 7.77. The highest BCUT2D eigenvalue weighted by Gasteiger charge is 2.24. The Labute approximate surface area is 266 Å². The number of aromatic amines is 1. The van der Waals surface area contributed by atoms with E-state index in [1.54, 1.807) is 36.4 Å². The van der Waals surface area contributed by atoms with Crippen molar-refractivity contribution in [3.05, 3.63) is 68.8 Å². The molecule has 0 saturated carbocycles. The molecule has 0 bridgehead atoms. The Morgan fingerprint density at radius 3 is 2.28 bits per heavy atom. The molecule has 0 saturated heterocycles. The largest absolute Gasteiger partial charge is 0.496 e. The van der Waals surface area contributed by atoms with E-state index in [1.807, 2.05) is 6.07 Å². The minimum absolute atomic E-state index is 0.0553. The van der Waals surface area contributed by atoms with Gasteiger partial charge in [0.05, 0.1) is 48.4 Å². The van der Waals surface area contributed by atoms with Gasteiger partial charge in [0, 0.05) is 23.4 Å². The Hall–Kier alpha value is -5.55. The van der Waals surface area contributed by atoms with Gasteiger partial charge in [0.25, 0.3) is 5.56 Å². The van der Waals surface area contributed by atoms with E-state index in [9.17, 15) is 14.9 Å². The molecule has 1 N–H and O–H groups in total. The van der Waals surface area contributed by atoms with Crippen LogP contribution in [0.1, 0.15) is 12.0 Å². The first-order chi connectivity index (χ1) is 22.4. The zero-order valence-corrected chi connectivity index (χ0v) is 26.4. The summed E-state index contributed by atoms with van der Waals surface area (Å²) in [5.74, 6) is 2.58. The summed E-state index contributed by atoms with van der Waals surface area (Å²) in [6.45, 7) is 0.102. The molecule has 0 radical (unpaired) electrons. The molecule has 3 aromatic heterocycles. The van der Waals surface area contributed by atoms with Crippen LogP contribution in [0.2, 0.25) is 0 Å². The number of hydrogen-bond acceptors (Lipinski definition) is 13. The summed E-state index contributed by atoms with van der Waals surface area (Å²) in [5, 5.41) is 9.92. The van der Waals surface area contributed by atoms with E-state index >= 15 is 0 Å². The molecule has 0 aliphatic heterocycles. The first-order valence-corrected chi connectivity index (χ1v) is 14.7. The number of rotatable bonds is 13. The normalized spacial score (nSPS) is 10.8. The number of nitrogens with zero attached hydrogens (tertiary/aromatic N) is 2. The van der Waals surface area contributed by atoms with Gasteiger partial charge in [-0.25, -0.2) is 4.98 Å². The molecule has 14 heteroatoms. The maximum atomic E-state index is 14.0. The summed E-state index contributed by atoms with van der Waals surface area (Å²) in [7, 11) is 7.39. The van der Waals surface area contributed by atoms with E-state index in [0.717, 1.165) is 0 Å². The Balaban J connectivity index is 1.47. The van der Waals surface area contributed by atoms with Gasteiger partial charge in [-0.05, 0) is 30.7 Å². The van der Waals surface area contributed by atoms with Crippen molar-refractivity contribution in [1.82, 2.24) is 9.97 Å². The van der Waals surface area contributed by atoms with Crippen LogP contribution in [0.15, 0.2) is 66.2 Å². The van der Waals surface area contributed by atoms with Gasteiger partial charge in [-0.3, -0.25) is 9.59 Å². The first-order valence-electron chi connectivity index (χ1n) is 13.7. The summed E-state index contributed by atoms with van der Waals surface area (Å²) >= 11 is 1.25. The highest BCUT2D eigenvalue weighted by Crippen LogP contribution is 2.44. The number of H-pyrrole nitrogens is 1. The zero-order chi connectivity index (χ0) is 32.8. The summed E-state index contributed by atoms with van der Waals surface area (Å²) < 4.78 is 45.1. The molecule has 5 aromatic rings. The molecule has 0 amide bonds. The number of aromatic nitrogens is 2. The topological polar surface area (TPSA) is 168 Å². The fraction of sp³-hybridized carbons (Fsp3) is 0.250. The van der Waals surface area contributed by atoms with E-state index in [4.69, 9.17) is 37.3 Å². The smallest absolute Gasteiger partial charge is 0.270 e. The SMILES string of the molecule is COc1cc(OC)c2c(=O)c(OCCCSc3nc(-c4ccco4)c(C#N)c(=O)[nH]3)c(-c3cc(OC)c(OC)c(OC)c3)oc2c1. The van der Waals surface area contributed by atoms with Crippen LogP contribution in [-0.2, 0) is 0 Å². The number of hydrogen-bond donors (Lipinski definition) is 1. The molecule has 5 rings (SSSR count). The van der Waals surface area contributed by atoms with Crippen molar-refractivity contribution >= 4 is 22.7 Å². The van der Waals surface area contributed by atoms with E-state index in [1.165, 1.54) is 53.6 Å². The van der Waals surface area contributed by atoms with Crippen LogP contribution in [-0.4, -0.2) is 57.9 Å². The Morgan fingerprint density at radius 1 is 0.935 bits per heavy atom. The lowest BCUT2D eigenvalue weighted by molar-refractivity contribution is 0.309. The standard InChI is InChI=1S/C32H29N3O10S/c1-38-18-14-21(39-2)25-22(15-18)45-28(17-12-23(40-3)29(42-5)24(13-17)41-4)30(27(25)36)44-10-7-11-46-32-34-26(20-8-6-9-43-20)19(16-33)31(37)35-32/h6,8-9,12-15H,7,10-11H2,1-5H3,(H,34,35,37). The Morgan fingerprint density at radius 2 is 1.67 bits per heavy atom. The van der Waals surface area contributed by atoms with Gasteiger partial charge in [0.1, 0.15) is 39.8 Å². The predicted molar refractivity (Wildman–Crippen MR) is 169 cm³/mol. The number of methoxy groups -OCH3 is 5. The van der Waals surface area contributed by atoms with Crippen molar-refractivity contribution in [2.45, 2.75) is 11.6 Å². The van der Waals surface area contributed by atoms with Crippen molar-refractivity contribution < 1.29 is 37.3 Å². The quantitative estimate of drug-likeness (QED) is 0.0996. The molecular formula is C32H29N3O10S. The van der Waals surface area contributed by atoms with Crippen LogP contribution in [0.25, 0.3) is 33.7 Å². The molecule has 238 valence electrons. The number of furan rings is 1. The number of thioether (sulfide) groups is 1. The summed E-state index contributed by atoms with van der Waals surface area (Å²) in [4.78, 5) is 33.5. The molecule has 0 unspecified atom stereocenters. The second-order valence-electron chi connectivity index (χ2n) is 9.44. The Bertz CT molecular complexity index is 2000. The maximum Gasteiger partial charge on any atom is 0.270 e. The average molecular weight is 648 g/mol. The third kappa shape index (κ3) is 6.18. The highest BCUT2D eigenvalue weighted by molar-refractivity contribution is 7.99. The van der Waals surface area contributed by atoms with E-state index < -0.39 is 11.0 Å². The molecule has 13 nitrogen and oxygen atoms in total. The first kappa shape index (κ1) is 31.9. The number of benzene rings is 2. The molecule has 3 heterocycles. The minimum atomic E-state index is -0.572. The second-order valence-corrected chi connectivity index (χ2v) is 10.5. The molecule has 0 spiro atoms. The molecular weight excluding hydrogens is 618 g/mol. The van der Waals surface area contributed by atoms with E-state index in [0.29, 0.717) is 51.7 Å². The number of nitriles is 1. The molecule has 0 atom stereocenters. The summed E-state index contributed by atoms with van der Waals surface area (Å²) in [6, 6.07) is 11.6. The van der Waals surface area contributed by atoms with Gasteiger partial charge in [0.15, 0.2) is 28.2 Å². The highest BCUT2D eigenvalue weighted by atomic mass is 32.2. The van der Waals surface area contributed by atoms with Crippen LogP contribution >= 0.6 is 11.8 Å². The zero-order valence-electron chi connectivity index (χ0n) is 25.5. The Kier molecular flexibility index (Phi) is 9.73. The summed E-state index contributed by atoms with van der Waals surface area (Å²) in [6.07, 6.45) is 1.88. The van der Waals surface area contributed by atoms with Gasteiger partial charge < -0.3 is 42.2 Å². The van der Waals surface area contributed by atoms with Crippen molar-refractivity contribution in [3.63, 3.8) is 0 Å². The maximum absolute atomic E-state index is 14.0. The predicted octanol–water partition coefficient (Wildman–Crippen LogP) is 5.28. The van der Waals surface area contributed by atoms with Gasteiger partial charge in [0.2, 0.25) is 16.9 Å². The lowest BCUT2D eigenvalue weighted by atomic mass is 10.1. The van der Waals surface area contributed by atoms with Crippen molar-refractivity contribution in [2.75, 3.05) is 47.9 Å². The molecule has 0 aliphatic rings. The number of nitrogens with one attached hydrogen (secondary N) is 1. The van der Waals surface area contributed by atoms with Gasteiger partial charge >= 0.3 is 0 Å². The van der Waals surface area contributed by atoms with Crippen molar-refractivity contribution in [1.29, 1.82) is 5.26 Å². The van der Waals surface area contributed by atoms with Crippen LogP contribution < -0.4 is 39.4 Å². The molecule has 2 aromatic carbocycles. The molecule has 0 aliphatic carbocycles. The monoisotopic (exact) mass is 647 g/mol. The lowest BCUT2D eigenvalue weighted by Gasteiger charge is -2.17. The van der Waals surface area contributed by atoms with Crippen molar-refractivity contribution in [2.24, 2.45) is 0 Å². The number of fused-ring (bicyclic) bond motifs is 1. The number of ether oxygens (including phenoxy) is 6. The third-order valence-electron chi connectivity index (χ3n) is 6.81. The fourth-order valence-corrected chi connectivity index (χ4v) is 5.45. The van der Waals surface area contributed by atoms with E-state index in [-0.39, 0.29) is 46.1 Å². The molecule has 0 fully saturated rings. The van der Waals surface area contributed by atoms with Gasteiger partial charge in [-0.15, -0.1) is 0 Å². The van der Waals surface area contributed by atoms with E-state index in [2.05, 4.69) is 9.97 Å². The van der Waals surface area contributed by atoms with Gasteiger partial charge in [-0.1, -0.05) is 11.8 Å². The molecule has 46 heavy (non-hydrogen) atoms. The van der Waals surface area contributed by atoms with Crippen molar-refractivity contribution in [3.8, 4) is 63.3 Å². The average Bonchev–Trinajstić information content (AvgIpc) is 3.62. The summed E-state index contributed by atoms with van der Waals surface area (Å²) in [5.41, 5.74) is -0.363. The minimum Gasteiger partial charge on any atom is -0.496 e. The van der Waals surface area contributed by atoms with Crippen LogP contribution in [0, 0.1) is 11.3 Å². The van der Waals surface area contributed by atoms with Crippen LogP contribution in [0.4, 0.5) is 0 Å². The fourth-order valence-electron chi connectivity index (χ4n) is 4.67. The van der Waals surface area contributed by atoms with Crippen LogP contribution in [0.3, 0.4) is 0 Å².